The molecule has 3 aromatic rings. The molecular weight excluding hydrogens is 660 g/mol. The summed E-state index contributed by atoms with van der Waals surface area (Å²) >= 11 is 6.14. The molecule has 20 heteroatoms. The SMILES string of the molecule is Cc1cccc2c1nc(NC1CCN(CCN)CC1)n2C1CCCc2nc(Cl)cnc21.Cl.Cl.Cl.O.O.O.O.O.O.O.O.O. The summed E-state index contributed by atoms with van der Waals surface area (Å²) in [5, 5.41) is 4.25. The van der Waals surface area contributed by atoms with Crippen LogP contribution < -0.4 is 11.1 Å². The van der Waals surface area contributed by atoms with E-state index in [1.165, 1.54) is 5.56 Å². The molecule has 1 unspecified atom stereocenters. The highest BCUT2D eigenvalue weighted by molar-refractivity contribution is 6.29. The van der Waals surface area contributed by atoms with Gasteiger partial charge in [0.1, 0.15) is 5.15 Å². The van der Waals surface area contributed by atoms with Crippen molar-refractivity contribution < 1.29 is 49.3 Å². The van der Waals surface area contributed by atoms with Gasteiger partial charge in [-0.1, -0.05) is 23.7 Å². The number of aryl methyl sites for hydroxylation is 2. The second kappa shape index (κ2) is 26.7. The molecule has 0 spiro atoms. The highest BCUT2D eigenvalue weighted by Gasteiger charge is 2.30. The van der Waals surface area contributed by atoms with Crippen LogP contribution in [-0.2, 0) is 6.42 Å². The van der Waals surface area contributed by atoms with E-state index in [9.17, 15) is 0 Å². The van der Waals surface area contributed by atoms with Gasteiger partial charge in [-0.3, -0.25) is 4.98 Å². The Bertz CT molecular complexity index is 1110. The summed E-state index contributed by atoms with van der Waals surface area (Å²) in [5.41, 5.74) is 11.2. The number of nitrogens with two attached hydrogens (primary N) is 1. The van der Waals surface area contributed by atoms with Crippen molar-refractivity contribution in [2.24, 2.45) is 5.73 Å². The molecule has 16 nitrogen and oxygen atoms in total. The lowest BCUT2D eigenvalue weighted by atomic mass is 9.95. The van der Waals surface area contributed by atoms with Gasteiger partial charge in [-0.05, 0) is 50.7 Å². The van der Waals surface area contributed by atoms with Crippen LogP contribution in [0.25, 0.3) is 11.0 Å². The lowest BCUT2D eigenvalue weighted by Gasteiger charge is -2.33. The molecule has 0 radical (unpaired) electrons. The zero-order valence-corrected chi connectivity index (χ0v) is 26.9. The van der Waals surface area contributed by atoms with Gasteiger partial charge >= 0.3 is 0 Å². The summed E-state index contributed by atoms with van der Waals surface area (Å²) in [7, 11) is 0. The highest BCUT2D eigenvalue weighted by Crippen LogP contribution is 2.37. The Morgan fingerprint density at radius 3 is 2.09 bits per heavy atom. The number of para-hydroxylation sites is 1. The van der Waals surface area contributed by atoms with Crippen LogP contribution in [0.2, 0.25) is 5.15 Å². The zero-order valence-electron chi connectivity index (χ0n) is 23.7. The third-order valence-corrected chi connectivity index (χ3v) is 6.84. The monoisotopic (exact) mass is 709 g/mol. The topological polar surface area (TPSA) is 368 Å². The van der Waals surface area contributed by atoms with Gasteiger partial charge in [0.25, 0.3) is 0 Å². The molecule has 0 bridgehead atoms. The van der Waals surface area contributed by atoms with Gasteiger partial charge in [0, 0.05) is 32.2 Å². The van der Waals surface area contributed by atoms with Crippen molar-refractivity contribution in [3.63, 3.8) is 0 Å². The summed E-state index contributed by atoms with van der Waals surface area (Å²) in [5.74, 6) is 0.941. The predicted octanol–water partition coefficient (Wildman–Crippen LogP) is -2.61. The number of nitrogens with one attached hydrogen (secondary N) is 1. The van der Waals surface area contributed by atoms with Crippen molar-refractivity contribution in [3.8, 4) is 0 Å². The number of piperidine rings is 1. The van der Waals surface area contributed by atoms with E-state index in [0.29, 0.717) is 11.2 Å². The number of likely N-dealkylation sites (tertiary alicyclic amines) is 1. The highest BCUT2D eigenvalue weighted by atomic mass is 35.5. The maximum absolute atomic E-state index is 6.14. The fourth-order valence-electron chi connectivity index (χ4n) is 5.07. The van der Waals surface area contributed by atoms with E-state index in [1.807, 2.05) is 0 Å². The van der Waals surface area contributed by atoms with Crippen molar-refractivity contribution in [1.82, 2.24) is 24.4 Å². The van der Waals surface area contributed by atoms with Crippen molar-refractivity contribution in [2.45, 2.75) is 51.1 Å². The molecule has 3 heterocycles. The molecule has 2 aliphatic rings. The van der Waals surface area contributed by atoms with Crippen LogP contribution in [0, 0.1) is 6.92 Å². The zero-order chi connectivity index (χ0) is 21.4. The number of hydrogen-bond donors (Lipinski definition) is 2. The molecule has 2 aromatic heterocycles. The number of rotatable bonds is 5. The molecule has 43 heavy (non-hydrogen) atoms. The van der Waals surface area contributed by atoms with Gasteiger partial charge in [0.15, 0.2) is 0 Å². The number of nitrogens with zero attached hydrogens (tertiary/aromatic N) is 5. The van der Waals surface area contributed by atoms with Crippen LogP contribution >= 0.6 is 48.8 Å². The minimum atomic E-state index is 0. The summed E-state index contributed by atoms with van der Waals surface area (Å²) in [4.78, 5) is 16.8. The van der Waals surface area contributed by atoms with Crippen LogP contribution in [-0.4, -0.2) is 106 Å². The van der Waals surface area contributed by atoms with Crippen LogP contribution in [0.1, 0.15) is 48.7 Å². The number of fused-ring (bicyclic) bond motifs is 2. The van der Waals surface area contributed by atoms with E-state index in [0.717, 1.165) is 86.7 Å². The maximum atomic E-state index is 6.14. The van der Waals surface area contributed by atoms with Crippen molar-refractivity contribution in [3.05, 3.63) is 46.5 Å². The third-order valence-electron chi connectivity index (χ3n) is 6.65. The molecule has 5 rings (SSSR count). The number of imidazole rings is 1. The average Bonchev–Trinajstić information content (AvgIpc) is 3.14. The smallest absolute Gasteiger partial charge is 0.204 e. The Hall–Kier alpha value is -1.71. The lowest BCUT2D eigenvalue weighted by Crippen LogP contribution is -2.41. The first-order chi connectivity index (χ1) is 15.1. The Labute approximate surface area is 273 Å². The second-order valence-corrected chi connectivity index (χ2v) is 9.12. The fraction of sp³-hybridized carbons (Fsp3) is 0.522. The molecule has 0 amide bonds. The first-order valence-electron chi connectivity index (χ1n) is 11.3. The molecular formula is C23H51Cl4N7O9. The molecule has 1 aliphatic carbocycles. The van der Waals surface area contributed by atoms with Crippen LogP contribution in [0.15, 0.2) is 24.4 Å². The van der Waals surface area contributed by atoms with Crippen molar-refractivity contribution >= 4 is 65.8 Å². The first-order valence-corrected chi connectivity index (χ1v) is 11.7. The van der Waals surface area contributed by atoms with Gasteiger partial charge in [0.2, 0.25) is 5.95 Å². The Morgan fingerprint density at radius 1 is 0.907 bits per heavy atom. The second-order valence-electron chi connectivity index (χ2n) is 8.73. The third kappa shape index (κ3) is 12.7. The van der Waals surface area contributed by atoms with E-state index >= 15 is 0 Å². The van der Waals surface area contributed by atoms with E-state index < -0.39 is 0 Å². The molecule has 1 aromatic carbocycles. The number of benzene rings is 1. The summed E-state index contributed by atoms with van der Waals surface area (Å²) in [6, 6.07) is 6.93. The Morgan fingerprint density at radius 2 is 1.51 bits per heavy atom. The van der Waals surface area contributed by atoms with Gasteiger partial charge in [-0.2, -0.15) is 0 Å². The lowest BCUT2D eigenvalue weighted by molar-refractivity contribution is 0.224. The van der Waals surface area contributed by atoms with E-state index in [2.05, 4.69) is 44.9 Å². The Kier molecular flexibility index (Phi) is 37.5. The summed E-state index contributed by atoms with van der Waals surface area (Å²) in [6.45, 7) is 5.97. The molecule has 1 fully saturated rings. The standard InChI is InChI=1S/C23H30ClN7.3ClH.9H2O/c1-15-4-2-6-18-21(15)29-23(27-16-8-11-30(12-9-16)13-10-25)31(18)19-7-3-5-17-22(19)26-14-20(24)28-17;;;;;;;;;;;;/h2,4,6,14,16,19H,3,5,7-13,25H2,1H3,(H,27,29);3*1H;9*1H2. The molecule has 1 saturated heterocycles. The quantitative estimate of drug-likeness (QED) is 0.285. The minimum Gasteiger partial charge on any atom is -0.412 e. The Balaban J connectivity index is -0.000000170. The molecule has 1 atom stereocenters. The van der Waals surface area contributed by atoms with Gasteiger partial charge in [0.05, 0.1) is 34.7 Å². The van der Waals surface area contributed by atoms with Gasteiger partial charge < -0.3 is 69.8 Å². The predicted molar refractivity (Wildman–Crippen MR) is 179 cm³/mol. The fourth-order valence-corrected chi connectivity index (χ4v) is 5.22. The largest absolute Gasteiger partial charge is 0.412 e. The molecule has 260 valence electrons. The maximum Gasteiger partial charge on any atom is 0.204 e. The molecule has 0 saturated carbocycles. The first kappa shape index (κ1) is 60.5. The molecule has 1 aliphatic heterocycles. The van der Waals surface area contributed by atoms with E-state index in [-0.39, 0.29) is 92.5 Å². The van der Waals surface area contributed by atoms with Gasteiger partial charge in [-0.15, -0.1) is 37.2 Å². The van der Waals surface area contributed by atoms with Crippen molar-refractivity contribution in [2.75, 3.05) is 31.5 Å². The normalized spacial score (nSPS) is 14.5. The van der Waals surface area contributed by atoms with Crippen LogP contribution in [0.3, 0.4) is 0 Å². The van der Waals surface area contributed by atoms with Crippen LogP contribution in [0.5, 0.6) is 0 Å². The van der Waals surface area contributed by atoms with E-state index in [1.54, 1.807) is 6.20 Å². The van der Waals surface area contributed by atoms with Crippen LogP contribution in [0.4, 0.5) is 5.95 Å². The summed E-state index contributed by atoms with van der Waals surface area (Å²) < 4.78 is 2.36. The minimum absolute atomic E-state index is 0. The van der Waals surface area contributed by atoms with Crippen molar-refractivity contribution in [1.29, 1.82) is 0 Å². The summed E-state index contributed by atoms with van der Waals surface area (Å²) in [6.07, 6.45) is 6.87. The van der Waals surface area contributed by atoms with Gasteiger partial charge in [-0.25, -0.2) is 9.97 Å². The molecule has 21 N–H and O–H groups in total. The number of hydrogen-bond acceptors (Lipinski definition) is 6. The average molecular weight is 712 g/mol. The number of aromatic nitrogens is 4. The number of halogens is 4. The van der Waals surface area contributed by atoms with E-state index in [4.69, 9.17) is 27.3 Å². The number of anilines is 1.